The van der Waals surface area contributed by atoms with E-state index in [-0.39, 0.29) is 11.9 Å². The predicted molar refractivity (Wildman–Crippen MR) is 87.1 cm³/mol. The van der Waals surface area contributed by atoms with Gasteiger partial charge in [-0.15, -0.1) is 0 Å². The van der Waals surface area contributed by atoms with Crippen LogP contribution < -0.4 is 5.32 Å². The van der Waals surface area contributed by atoms with Gasteiger partial charge in [-0.3, -0.25) is 0 Å². The van der Waals surface area contributed by atoms with E-state index in [1.807, 2.05) is 20.0 Å². The summed E-state index contributed by atoms with van der Waals surface area (Å²) in [6.07, 6.45) is 3.56. The van der Waals surface area contributed by atoms with Crippen LogP contribution in [0.3, 0.4) is 0 Å². The topological polar surface area (TPSA) is 12.0 Å². The molecule has 0 aliphatic rings. The predicted octanol–water partition coefficient (Wildman–Crippen LogP) is 4.79. The maximum atomic E-state index is 13.6. The van der Waals surface area contributed by atoms with E-state index in [4.69, 9.17) is 0 Å². The quantitative estimate of drug-likeness (QED) is 0.805. The van der Waals surface area contributed by atoms with E-state index in [9.17, 15) is 4.39 Å². The molecule has 2 heteroatoms. The van der Waals surface area contributed by atoms with Crippen LogP contribution in [0.15, 0.2) is 42.5 Å². The maximum absolute atomic E-state index is 13.6. The SMILES string of the molecule is CCCCc1ccc(C(NC)c2cc(C)cc(F)c2)cc1. The number of benzene rings is 2. The zero-order valence-corrected chi connectivity index (χ0v) is 13.1. The minimum atomic E-state index is -0.176. The van der Waals surface area contributed by atoms with E-state index in [1.165, 1.54) is 24.0 Å². The summed E-state index contributed by atoms with van der Waals surface area (Å²) in [5.74, 6) is -0.176. The Bertz CT molecular complexity index is 554. The third-order valence-corrected chi connectivity index (χ3v) is 3.82. The zero-order chi connectivity index (χ0) is 15.2. The summed E-state index contributed by atoms with van der Waals surface area (Å²) in [6.45, 7) is 4.13. The van der Waals surface area contributed by atoms with Crippen LogP contribution in [0.5, 0.6) is 0 Å². The summed E-state index contributed by atoms with van der Waals surface area (Å²) < 4.78 is 13.6. The lowest BCUT2D eigenvalue weighted by molar-refractivity contribution is 0.615. The van der Waals surface area contributed by atoms with Gasteiger partial charge in [-0.25, -0.2) is 4.39 Å². The van der Waals surface area contributed by atoms with E-state index < -0.39 is 0 Å². The highest BCUT2D eigenvalue weighted by Crippen LogP contribution is 2.24. The van der Waals surface area contributed by atoms with Gasteiger partial charge in [0.15, 0.2) is 0 Å². The van der Waals surface area contributed by atoms with Gasteiger partial charge in [-0.2, -0.15) is 0 Å². The molecule has 1 atom stereocenters. The molecular formula is C19H24FN. The van der Waals surface area contributed by atoms with Crippen LogP contribution in [0.4, 0.5) is 4.39 Å². The van der Waals surface area contributed by atoms with Crippen molar-refractivity contribution in [3.8, 4) is 0 Å². The summed E-state index contributed by atoms with van der Waals surface area (Å²) in [6, 6.07) is 13.9. The molecule has 2 rings (SSSR count). The standard InChI is InChI=1S/C19H24FN/c1-4-5-6-15-7-9-16(10-8-15)19(21-3)17-11-14(2)12-18(20)13-17/h7-13,19,21H,4-6H2,1-3H3. The minimum Gasteiger partial charge on any atom is -0.309 e. The molecule has 2 aromatic rings. The monoisotopic (exact) mass is 285 g/mol. The molecule has 0 aliphatic carbocycles. The second-order valence-corrected chi connectivity index (χ2v) is 5.63. The Labute approximate surface area is 127 Å². The van der Waals surface area contributed by atoms with Crippen LogP contribution in [0.2, 0.25) is 0 Å². The van der Waals surface area contributed by atoms with Crippen LogP contribution in [-0.4, -0.2) is 7.05 Å². The molecule has 0 aromatic heterocycles. The number of unbranched alkanes of at least 4 members (excludes halogenated alkanes) is 1. The molecule has 1 N–H and O–H groups in total. The Kier molecular flexibility index (Phi) is 5.51. The van der Waals surface area contributed by atoms with Crippen LogP contribution in [0.1, 0.15) is 48.1 Å². The summed E-state index contributed by atoms with van der Waals surface area (Å²) in [7, 11) is 1.91. The van der Waals surface area contributed by atoms with Crippen LogP contribution in [0, 0.1) is 12.7 Å². The zero-order valence-electron chi connectivity index (χ0n) is 13.1. The van der Waals surface area contributed by atoms with Gasteiger partial charge in [0.1, 0.15) is 5.82 Å². The Balaban J connectivity index is 2.24. The van der Waals surface area contributed by atoms with Crippen molar-refractivity contribution in [3.05, 3.63) is 70.5 Å². The number of rotatable bonds is 6. The molecule has 2 aromatic carbocycles. The van der Waals surface area contributed by atoms with Crippen molar-refractivity contribution in [3.63, 3.8) is 0 Å². The van der Waals surface area contributed by atoms with Gasteiger partial charge in [0.25, 0.3) is 0 Å². The molecule has 0 saturated heterocycles. The van der Waals surface area contributed by atoms with Gasteiger partial charge in [-0.05, 0) is 61.2 Å². The summed E-state index contributed by atoms with van der Waals surface area (Å²) >= 11 is 0. The van der Waals surface area contributed by atoms with E-state index >= 15 is 0 Å². The van der Waals surface area contributed by atoms with E-state index in [0.29, 0.717) is 0 Å². The molecular weight excluding hydrogens is 261 g/mol. The van der Waals surface area contributed by atoms with Crippen molar-refractivity contribution in [1.29, 1.82) is 0 Å². The van der Waals surface area contributed by atoms with Gasteiger partial charge < -0.3 is 5.32 Å². The summed E-state index contributed by atoms with van der Waals surface area (Å²) in [5, 5.41) is 3.29. The second kappa shape index (κ2) is 7.37. The Morgan fingerprint density at radius 3 is 2.33 bits per heavy atom. The second-order valence-electron chi connectivity index (χ2n) is 5.63. The molecule has 1 nitrogen and oxygen atoms in total. The Hall–Kier alpha value is -1.67. The average Bonchev–Trinajstić information content (AvgIpc) is 2.46. The molecule has 112 valence electrons. The Morgan fingerprint density at radius 1 is 1.05 bits per heavy atom. The van der Waals surface area contributed by atoms with Crippen molar-refractivity contribution in [1.82, 2.24) is 5.32 Å². The number of hydrogen-bond donors (Lipinski definition) is 1. The highest BCUT2D eigenvalue weighted by molar-refractivity contribution is 5.35. The first-order chi connectivity index (χ1) is 10.1. The van der Waals surface area contributed by atoms with Crippen molar-refractivity contribution in [2.75, 3.05) is 7.05 Å². The Morgan fingerprint density at radius 2 is 1.76 bits per heavy atom. The average molecular weight is 285 g/mol. The fourth-order valence-corrected chi connectivity index (χ4v) is 2.71. The first kappa shape index (κ1) is 15.7. The van der Waals surface area contributed by atoms with Gasteiger partial charge in [0, 0.05) is 0 Å². The highest BCUT2D eigenvalue weighted by atomic mass is 19.1. The van der Waals surface area contributed by atoms with Crippen molar-refractivity contribution < 1.29 is 4.39 Å². The number of hydrogen-bond acceptors (Lipinski definition) is 1. The molecule has 0 spiro atoms. The first-order valence-electron chi connectivity index (χ1n) is 7.67. The molecule has 0 saturated carbocycles. The number of nitrogens with one attached hydrogen (secondary N) is 1. The molecule has 0 radical (unpaired) electrons. The largest absolute Gasteiger partial charge is 0.309 e. The van der Waals surface area contributed by atoms with E-state index in [0.717, 1.165) is 17.5 Å². The number of halogens is 1. The lowest BCUT2D eigenvalue weighted by Crippen LogP contribution is -2.18. The molecule has 21 heavy (non-hydrogen) atoms. The van der Waals surface area contributed by atoms with Gasteiger partial charge in [0.05, 0.1) is 6.04 Å². The van der Waals surface area contributed by atoms with Crippen molar-refractivity contribution in [2.45, 2.75) is 39.2 Å². The molecule has 0 fully saturated rings. The van der Waals surface area contributed by atoms with Gasteiger partial charge in [0.2, 0.25) is 0 Å². The van der Waals surface area contributed by atoms with Gasteiger partial charge >= 0.3 is 0 Å². The van der Waals surface area contributed by atoms with Gasteiger partial charge in [-0.1, -0.05) is 43.7 Å². The smallest absolute Gasteiger partial charge is 0.123 e. The van der Waals surface area contributed by atoms with Crippen molar-refractivity contribution in [2.24, 2.45) is 0 Å². The fourth-order valence-electron chi connectivity index (χ4n) is 2.71. The molecule has 0 heterocycles. The maximum Gasteiger partial charge on any atom is 0.123 e. The number of aryl methyl sites for hydroxylation is 2. The molecule has 0 bridgehead atoms. The summed E-state index contributed by atoms with van der Waals surface area (Å²) in [4.78, 5) is 0. The molecule has 0 aliphatic heterocycles. The fraction of sp³-hybridized carbons (Fsp3) is 0.368. The van der Waals surface area contributed by atoms with E-state index in [2.05, 4.69) is 36.5 Å². The normalized spacial score (nSPS) is 12.4. The van der Waals surface area contributed by atoms with Crippen LogP contribution in [-0.2, 0) is 6.42 Å². The highest BCUT2D eigenvalue weighted by Gasteiger charge is 2.13. The van der Waals surface area contributed by atoms with Crippen LogP contribution >= 0.6 is 0 Å². The van der Waals surface area contributed by atoms with Crippen LogP contribution in [0.25, 0.3) is 0 Å². The first-order valence-corrected chi connectivity index (χ1v) is 7.67. The lowest BCUT2D eigenvalue weighted by atomic mass is 9.96. The third kappa shape index (κ3) is 4.15. The van der Waals surface area contributed by atoms with Crippen molar-refractivity contribution >= 4 is 0 Å². The molecule has 0 amide bonds. The minimum absolute atomic E-state index is 0.0274. The summed E-state index contributed by atoms with van der Waals surface area (Å²) in [5.41, 5.74) is 4.45. The molecule has 1 unspecified atom stereocenters. The lowest BCUT2D eigenvalue weighted by Gasteiger charge is -2.18. The van der Waals surface area contributed by atoms with E-state index in [1.54, 1.807) is 12.1 Å². The third-order valence-electron chi connectivity index (χ3n) is 3.82.